The first-order chi connectivity index (χ1) is 5.04. The molecule has 0 saturated carbocycles. The Balaban J connectivity index is 2.23. The first-order valence-corrected chi connectivity index (χ1v) is 4.48. The fourth-order valence-electron chi connectivity index (χ4n) is 2.54. The molecular weight excluding hydrogens is 141 g/mol. The smallest absolute Gasteiger partial charge is 0.118 e. The molecule has 2 aliphatic heterocycles. The maximum atomic E-state index is 13.4. The van der Waals surface area contributed by atoms with Gasteiger partial charge in [0.2, 0.25) is 0 Å². The molecule has 0 aromatic carbocycles. The summed E-state index contributed by atoms with van der Waals surface area (Å²) in [5, 5.41) is 3.42. The van der Waals surface area contributed by atoms with Crippen molar-refractivity contribution in [3.05, 3.63) is 0 Å². The van der Waals surface area contributed by atoms with E-state index in [4.69, 9.17) is 0 Å². The van der Waals surface area contributed by atoms with E-state index in [0.717, 1.165) is 25.7 Å². The molecule has 2 bridgehead atoms. The fourth-order valence-corrected chi connectivity index (χ4v) is 2.54. The third-order valence-corrected chi connectivity index (χ3v) is 3.42. The summed E-state index contributed by atoms with van der Waals surface area (Å²) < 4.78 is 13.4. The number of hydrogen-bond donors (Lipinski definition) is 1. The molecule has 2 fully saturated rings. The monoisotopic (exact) mass is 157 g/mol. The number of fused-ring (bicyclic) bond motifs is 2. The van der Waals surface area contributed by atoms with Crippen molar-refractivity contribution in [2.75, 3.05) is 0 Å². The SMILES string of the molecule is C[C@]12CC[C@H](F)[C@](C)(CC1)N2. The van der Waals surface area contributed by atoms with Gasteiger partial charge in [-0.05, 0) is 39.5 Å². The third kappa shape index (κ3) is 0.994. The average molecular weight is 157 g/mol. The summed E-state index contributed by atoms with van der Waals surface area (Å²) in [5.41, 5.74) is 0.0460. The van der Waals surface area contributed by atoms with Crippen LogP contribution in [0.4, 0.5) is 4.39 Å². The van der Waals surface area contributed by atoms with Crippen molar-refractivity contribution in [1.82, 2.24) is 5.32 Å². The number of nitrogens with one attached hydrogen (secondary N) is 1. The van der Waals surface area contributed by atoms with E-state index in [9.17, 15) is 4.39 Å². The standard InChI is InChI=1S/C9H16FN/c1-8-4-3-7(10)9(2,11-8)6-5-8/h7,11H,3-6H2,1-2H3/t7-,8-,9-/m0/s1. The van der Waals surface area contributed by atoms with Gasteiger partial charge in [0.25, 0.3) is 0 Å². The first-order valence-electron chi connectivity index (χ1n) is 4.48. The average Bonchev–Trinajstić information content (AvgIpc) is 2.20. The van der Waals surface area contributed by atoms with E-state index < -0.39 is 6.17 Å². The van der Waals surface area contributed by atoms with Crippen molar-refractivity contribution in [3.8, 4) is 0 Å². The maximum Gasteiger partial charge on any atom is 0.118 e. The minimum Gasteiger partial charge on any atom is -0.304 e. The van der Waals surface area contributed by atoms with E-state index in [-0.39, 0.29) is 11.1 Å². The molecular formula is C9H16FN. The van der Waals surface area contributed by atoms with Crippen molar-refractivity contribution in [2.24, 2.45) is 0 Å². The summed E-state index contributed by atoms with van der Waals surface area (Å²) in [6.45, 7) is 4.23. The van der Waals surface area contributed by atoms with Crippen molar-refractivity contribution in [1.29, 1.82) is 0 Å². The van der Waals surface area contributed by atoms with Crippen LogP contribution in [0.1, 0.15) is 39.5 Å². The largest absolute Gasteiger partial charge is 0.304 e. The van der Waals surface area contributed by atoms with Gasteiger partial charge in [-0.25, -0.2) is 4.39 Å². The molecule has 0 unspecified atom stereocenters. The van der Waals surface area contributed by atoms with Gasteiger partial charge >= 0.3 is 0 Å². The predicted molar refractivity (Wildman–Crippen MR) is 43.3 cm³/mol. The Hall–Kier alpha value is -0.110. The van der Waals surface area contributed by atoms with Crippen LogP contribution >= 0.6 is 0 Å². The van der Waals surface area contributed by atoms with Crippen molar-refractivity contribution in [2.45, 2.75) is 56.8 Å². The van der Waals surface area contributed by atoms with Gasteiger partial charge in [-0.1, -0.05) is 0 Å². The molecule has 2 heterocycles. The lowest BCUT2D eigenvalue weighted by Crippen LogP contribution is -2.56. The highest BCUT2D eigenvalue weighted by molar-refractivity contribution is 5.09. The van der Waals surface area contributed by atoms with Crippen molar-refractivity contribution >= 4 is 0 Å². The number of alkyl halides is 1. The van der Waals surface area contributed by atoms with E-state index in [1.54, 1.807) is 0 Å². The molecule has 2 rings (SSSR count). The molecule has 64 valence electrons. The highest BCUT2D eigenvalue weighted by Gasteiger charge is 2.50. The molecule has 0 spiro atoms. The lowest BCUT2D eigenvalue weighted by Gasteiger charge is -2.39. The number of piperidine rings is 1. The summed E-state index contributed by atoms with van der Waals surface area (Å²) >= 11 is 0. The van der Waals surface area contributed by atoms with Crippen LogP contribution in [0.5, 0.6) is 0 Å². The molecule has 0 aromatic rings. The topological polar surface area (TPSA) is 12.0 Å². The summed E-state index contributed by atoms with van der Waals surface area (Å²) in [5.74, 6) is 0. The molecule has 0 aromatic heterocycles. The molecule has 0 radical (unpaired) electrons. The van der Waals surface area contributed by atoms with Crippen LogP contribution in [0.3, 0.4) is 0 Å². The highest BCUT2D eigenvalue weighted by atomic mass is 19.1. The van der Waals surface area contributed by atoms with E-state index >= 15 is 0 Å². The number of halogens is 1. The minimum absolute atomic E-state index is 0.201. The molecule has 2 heteroatoms. The Morgan fingerprint density at radius 3 is 2.64 bits per heavy atom. The Morgan fingerprint density at radius 1 is 1.27 bits per heavy atom. The maximum absolute atomic E-state index is 13.4. The van der Waals surface area contributed by atoms with Crippen LogP contribution in [0.15, 0.2) is 0 Å². The molecule has 11 heavy (non-hydrogen) atoms. The van der Waals surface area contributed by atoms with Gasteiger partial charge in [-0.2, -0.15) is 0 Å². The molecule has 2 saturated heterocycles. The lowest BCUT2D eigenvalue weighted by atomic mass is 9.87. The van der Waals surface area contributed by atoms with Crippen molar-refractivity contribution < 1.29 is 4.39 Å². The van der Waals surface area contributed by atoms with Gasteiger partial charge < -0.3 is 5.32 Å². The summed E-state index contributed by atoms with van der Waals surface area (Å²) in [4.78, 5) is 0. The van der Waals surface area contributed by atoms with E-state index in [1.165, 1.54) is 0 Å². The van der Waals surface area contributed by atoms with Gasteiger partial charge in [0, 0.05) is 11.1 Å². The van der Waals surface area contributed by atoms with Crippen LogP contribution in [-0.2, 0) is 0 Å². The van der Waals surface area contributed by atoms with Gasteiger partial charge in [-0.15, -0.1) is 0 Å². The Morgan fingerprint density at radius 2 is 2.00 bits per heavy atom. The second kappa shape index (κ2) is 1.98. The van der Waals surface area contributed by atoms with E-state index in [0.29, 0.717) is 0 Å². The van der Waals surface area contributed by atoms with Crippen LogP contribution in [0.25, 0.3) is 0 Å². The van der Waals surface area contributed by atoms with Gasteiger partial charge in [0.15, 0.2) is 0 Å². The van der Waals surface area contributed by atoms with E-state index in [1.807, 2.05) is 6.92 Å². The fraction of sp³-hybridized carbons (Fsp3) is 1.00. The Kier molecular flexibility index (Phi) is 1.35. The van der Waals surface area contributed by atoms with Gasteiger partial charge in [0.1, 0.15) is 6.17 Å². The quantitative estimate of drug-likeness (QED) is 0.567. The Labute approximate surface area is 67.4 Å². The van der Waals surface area contributed by atoms with Crippen LogP contribution < -0.4 is 5.32 Å². The third-order valence-electron chi connectivity index (χ3n) is 3.42. The molecule has 1 N–H and O–H groups in total. The number of rotatable bonds is 0. The number of hydrogen-bond acceptors (Lipinski definition) is 1. The molecule has 0 amide bonds. The zero-order chi connectivity index (χ0) is 8.11. The molecule has 0 aliphatic carbocycles. The van der Waals surface area contributed by atoms with Gasteiger partial charge in [0.05, 0.1) is 0 Å². The van der Waals surface area contributed by atoms with Crippen LogP contribution in [0.2, 0.25) is 0 Å². The van der Waals surface area contributed by atoms with Crippen molar-refractivity contribution in [3.63, 3.8) is 0 Å². The second-order valence-corrected chi connectivity index (χ2v) is 4.61. The molecule has 2 aliphatic rings. The summed E-state index contributed by atoms with van der Waals surface area (Å²) in [7, 11) is 0. The highest BCUT2D eigenvalue weighted by Crippen LogP contribution is 2.43. The van der Waals surface area contributed by atoms with Gasteiger partial charge in [-0.3, -0.25) is 0 Å². The zero-order valence-electron chi connectivity index (χ0n) is 7.28. The molecule has 3 atom stereocenters. The molecule has 1 nitrogen and oxygen atoms in total. The van der Waals surface area contributed by atoms with Crippen LogP contribution in [-0.4, -0.2) is 17.2 Å². The Bertz CT molecular complexity index is 178. The lowest BCUT2D eigenvalue weighted by molar-refractivity contribution is 0.110. The minimum atomic E-state index is -0.627. The summed E-state index contributed by atoms with van der Waals surface area (Å²) in [6.07, 6.45) is 3.27. The zero-order valence-corrected chi connectivity index (χ0v) is 7.28. The first kappa shape index (κ1) is 7.53. The second-order valence-electron chi connectivity index (χ2n) is 4.61. The van der Waals surface area contributed by atoms with Crippen LogP contribution in [0, 0.1) is 0 Å². The summed E-state index contributed by atoms with van der Waals surface area (Å²) in [6, 6.07) is 0. The predicted octanol–water partition coefficient (Wildman–Crippen LogP) is 2.02. The normalized spacial score (nSPS) is 56.5. The van der Waals surface area contributed by atoms with E-state index in [2.05, 4.69) is 12.2 Å².